The molecule has 5 rings (SSSR count). The molecule has 0 unspecified atom stereocenters. The van der Waals surface area contributed by atoms with Crippen LogP contribution in [0.1, 0.15) is 61.5 Å². The van der Waals surface area contributed by atoms with Crippen LogP contribution in [0, 0.1) is 0 Å². The molecule has 1 aromatic carbocycles. The average molecular weight is 470 g/mol. The van der Waals surface area contributed by atoms with E-state index in [-0.39, 0.29) is 17.9 Å². The van der Waals surface area contributed by atoms with E-state index in [1.54, 1.807) is 16.2 Å². The van der Waals surface area contributed by atoms with Gasteiger partial charge in [-0.05, 0) is 55.0 Å². The molecule has 1 aliphatic heterocycles. The van der Waals surface area contributed by atoms with Gasteiger partial charge in [0.15, 0.2) is 0 Å². The maximum atomic E-state index is 13.8. The summed E-state index contributed by atoms with van der Waals surface area (Å²) < 4.78 is 3.10. The molecular formula is C25H28ClN3O2S. The van der Waals surface area contributed by atoms with Crippen LogP contribution in [0.5, 0.6) is 0 Å². The summed E-state index contributed by atoms with van der Waals surface area (Å²) >= 11 is 7.69. The van der Waals surface area contributed by atoms with Crippen molar-refractivity contribution in [1.82, 2.24) is 14.8 Å². The zero-order valence-corrected chi connectivity index (χ0v) is 19.8. The highest BCUT2D eigenvalue weighted by Gasteiger charge is 2.48. The first-order valence-electron chi connectivity index (χ1n) is 11.4. The van der Waals surface area contributed by atoms with Crippen molar-refractivity contribution in [3.05, 3.63) is 58.1 Å². The van der Waals surface area contributed by atoms with Gasteiger partial charge in [0, 0.05) is 17.6 Å². The van der Waals surface area contributed by atoms with Crippen LogP contribution in [-0.2, 0) is 17.9 Å². The molecule has 2 aliphatic rings. The Hall–Kier alpha value is -2.31. The summed E-state index contributed by atoms with van der Waals surface area (Å²) in [5.74, 6) is -0.164. The number of aromatic nitrogens is 1. The molecule has 3 aromatic rings. The topological polar surface area (TPSA) is 54.3 Å². The Morgan fingerprint density at radius 1 is 1.16 bits per heavy atom. The van der Waals surface area contributed by atoms with Crippen molar-refractivity contribution in [3.63, 3.8) is 0 Å². The van der Waals surface area contributed by atoms with Gasteiger partial charge >= 0.3 is 0 Å². The van der Waals surface area contributed by atoms with Gasteiger partial charge in [-0.15, -0.1) is 11.3 Å². The van der Waals surface area contributed by atoms with Gasteiger partial charge in [0.05, 0.1) is 16.8 Å². The summed E-state index contributed by atoms with van der Waals surface area (Å²) in [5.41, 5.74) is 1.65. The largest absolute Gasteiger partial charge is 0.351 e. The molecule has 3 heterocycles. The van der Waals surface area contributed by atoms with E-state index in [4.69, 9.17) is 11.6 Å². The van der Waals surface area contributed by atoms with Gasteiger partial charge in [-0.25, -0.2) is 0 Å². The first kappa shape index (κ1) is 21.5. The van der Waals surface area contributed by atoms with Crippen LogP contribution >= 0.6 is 22.9 Å². The van der Waals surface area contributed by atoms with E-state index >= 15 is 0 Å². The summed E-state index contributed by atoms with van der Waals surface area (Å²) in [5, 5.41) is 6.00. The van der Waals surface area contributed by atoms with E-state index in [0.717, 1.165) is 41.5 Å². The van der Waals surface area contributed by atoms with E-state index in [9.17, 15) is 9.59 Å². The van der Waals surface area contributed by atoms with Crippen LogP contribution in [0.2, 0.25) is 5.02 Å². The first-order chi connectivity index (χ1) is 15.5. The second-order valence-electron chi connectivity index (χ2n) is 9.24. The predicted octanol–water partition coefficient (Wildman–Crippen LogP) is 5.61. The fraction of sp³-hybridized carbons (Fsp3) is 0.440. The molecule has 1 saturated carbocycles. The van der Waals surface area contributed by atoms with Crippen LogP contribution in [0.4, 0.5) is 0 Å². The van der Waals surface area contributed by atoms with Crippen LogP contribution in [0.25, 0.3) is 10.2 Å². The highest BCUT2D eigenvalue weighted by molar-refractivity contribution is 7.17. The smallest absolute Gasteiger partial charge is 0.271 e. The minimum absolute atomic E-state index is 0.0607. The maximum absolute atomic E-state index is 13.8. The minimum atomic E-state index is -0.982. The minimum Gasteiger partial charge on any atom is -0.351 e. The van der Waals surface area contributed by atoms with Crippen molar-refractivity contribution in [2.75, 3.05) is 0 Å². The van der Waals surface area contributed by atoms with E-state index in [1.165, 1.54) is 12.8 Å². The fourth-order valence-electron chi connectivity index (χ4n) is 5.06. The average Bonchev–Trinajstić information content (AvgIpc) is 3.27. The lowest BCUT2D eigenvalue weighted by molar-refractivity contribution is -0.134. The number of nitrogens with zero attached hydrogens (tertiary/aromatic N) is 2. The van der Waals surface area contributed by atoms with Crippen molar-refractivity contribution in [2.45, 2.75) is 70.1 Å². The van der Waals surface area contributed by atoms with Crippen LogP contribution in [0.3, 0.4) is 0 Å². The van der Waals surface area contributed by atoms with Gasteiger partial charge in [0.2, 0.25) is 5.91 Å². The van der Waals surface area contributed by atoms with Crippen molar-refractivity contribution < 1.29 is 9.59 Å². The molecule has 1 aliphatic carbocycles. The Morgan fingerprint density at radius 3 is 2.59 bits per heavy atom. The van der Waals surface area contributed by atoms with Crippen molar-refractivity contribution in [2.24, 2.45) is 0 Å². The van der Waals surface area contributed by atoms with Gasteiger partial charge in [0.1, 0.15) is 11.2 Å². The molecular weight excluding hydrogens is 442 g/mol. The number of nitrogens with one attached hydrogen (secondary N) is 1. The maximum Gasteiger partial charge on any atom is 0.271 e. The normalized spacial score (nSPS) is 22.1. The predicted molar refractivity (Wildman–Crippen MR) is 129 cm³/mol. The SMILES string of the molecule is C[C@]1(C(=O)NC2CCCCCC2)Cn2c(cc3sccc32)C(=O)N1Cc1ccc(Cl)cc1. The molecule has 0 radical (unpaired) electrons. The summed E-state index contributed by atoms with van der Waals surface area (Å²) in [6, 6.07) is 11.7. The molecule has 32 heavy (non-hydrogen) atoms. The highest BCUT2D eigenvalue weighted by Crippen LogP contribution is 2.35. The Kier molecular flexibility index (Phi) is 5.76. The Bertz CT molecular complexity index is 1140. The number of carbonyl (C=O) groups is 2. The second kappa shape index (κ2) is 8.56. The number of rotatable bonds is 4. The number of thiophene rings is 1. The number of benzene rings is 1. The molecule has 5 nitrogen and oxygen atoms in total. The molecule has 2 aromatic heterocycles. The molecule has 2 amide bonds. The van der Waals surface area contributed by atoms with Gasteiger partial charge in [-0.3, -0.25) is 9.59 Å². The Labute approximate surface area is 197 Å². The third kappa shape index (κ3) is 3.84. The molecule has 1 N–H and O–H groups in total. The number of hydrogen-bond acceptors (Lipinski definition) is 3. The molecule has 0 spiro atoms. The molecule has 168 valence electrons. The van der Waals surface area contributed by atoms with Crippen LogP contribution in [0.15, 0.2) is 41.8 Å². The van der Waals surface area contributed by atoms with Gasteiger partial charge < -0.3 is 14.8 Å². The lowest BCUT2D eigenvalue weighted by atomic mass is 9.93. The molecule has 7 heteroatoms. The number of hydrogen-bond donors (Lipinski definition) is 1. The molecule has 1 fully saturated rings. The zero-order chi connectivity index (χ0) is 22.3. The van der Waals surface area contributed by atoms with Gasteiger partial charge in [-0.2, -0.15) is 0 Å². The molecule has 0 bridgehead atoms. The van der Waals surface area contributed by atoms with Crippen molar-refractivity contribution >= 4 is 45.0 Å². The zero-order valence-electron chi connectivity index (χ0n) is 18.3. The quantitative estimate of drug-likeness (QED) is 0.505. The van der Waals surface area contributed by atoms with Crippen molar-refractivity contribution in [1.29, 1.82) is 0 Å². The standard InChI is InChI=1S/C25H28ClN3O2S/c1-25(24(31)27-19-6-4-2-3-5-7-19)16-28-20-12-13-32-22(20)14-21(28)23(30)29(25)15-17-8-10-18(26)11-9-17/h8-14,19H,2-7,15-16H2,1H3,(H,27,31)/t25-/m1/s1. The number of halogens is 1. The van der Waals surface area contributed by atoms with Gasteiger partial charge in [-0.1, -0.05) is 49.4 Å². The van der Waals surface area contributed by atoms with E-state index < -0.39 is 5.54 Å². The van der Waals surface area contributed by atoms with E-state index in [1.807, 2.05) is 53.3 Å². The second-order valence-corrected chi connectivity index (χ2v) is 10.6. The third-order valence-corrected chi connectivity index (χ3v) is 8.09. The van der Waals surface area contributed by atoms with Gasteiger partial charge in [0.25, 0.3) is 5.91 Å². The van der Waals surface area contributed by atoms with Crippen LogP contribution < -0.4 is 5.32 Å². The number of fused-ring (bicyclic) bond motifs is 3. The molecule has 0 saturated heterocycles. The van der Waals surface area contributed by atoms with E-state index in [2.05, 4.69) is 5.32 Å². The first-order valence-corrected chi connectivity index (χ1v) is 12.7. The number of carbonyl (C=O) groups excluding carboxylic acids is 2. The number of amides is 2. The Morgan fingerprint density at radius 2 is 1.88 bits per heavy atom. The lowest BCUT2D eigenvalue weighted by Crippen LogP contribution is -2.64. The summed E-state index contributed by atoms with van der Waals surface area (Å²) in [4.78, 5) is 29.2. The Balaban J connectivity index is 1.51. The third-order valence-electron chi connectivity index (χ3n) is 6.98. The summed E-state index contributed by atoms with van der Waals surface area (Å²) in [6.45, 7) is 2.72. The molecule has 1 atom stereocenters. The fourth-order valence-corrected chi connectivity index (χ4v) is 6.01. The van der Waals surface area contributed by atoms with Crippen molar-refractivity contribution in [3.8, 4) is 0 Å². The monoisotopic (exact) mass is 469 g/mol. The van der Waals surface area contributed by atoms with Crippen LogP contribution in [-0.4, -0.2) is 32.9 Å². The summed E-state index contributed by atoms with van der Waals surface area (Å²) in [6.07, 6.45) is 6.77. The summed E-state index contributed by atoms with van der Waals surface area (Å²) in [7, 11) is 0. The van der Waals surface area contributed by atoms with E-state index in [0.29, 0.717) is 23.8 Å². The lowest BCUT2D eigenvalue weighted by Gasteiger charge is -2.44. The highest BCUT2D eigenvalue weighted by atomic mass is 35.5.